The van der Waals surface area contributed by atoms with Crippen LogP contribution in [0.2, 0.25) is 10.0 Å². The Hall–Kier alpha value is -1.46. The summed E-state index contributed by atoms with van der Waals surface area (Å²) in [7, 11) is 0. The third-order valence-electron chi connectivity index (χ3n) is 4.30. The minimum absolute atomic E-state index is 0.303. The Kier molecular flexibility index (Phi) is 6.43. The van der Waals surface area contributed by atoms with Gasteiger partial charge in [-0.3, -0.25) is 4.90 Å². The highest BCUT2D eigenvalue weighted by Gasteiger charge is 2.20. The molecule has 2 aromatic rings. The van der Waals surface area contributed by atoms with Crippen LogP contribution in [0.5, 0.6) is 5.75 Å². The number of para-hydroxylation sites is 1. The lowest BCUT2D eigenvalue weighted by atomic mass is 10.2. The van der Waals surface area contributed by atoms with E-state index in [1.165, 1.54) is 0 Å². The smallest absolute Gasteiger partial charge is 0.119 e. The Labute approximate surface area is 158 Å². The first-order valence-electron chi connectivity index (χ1n) is 8.40. The minimum atomic E-state index is -0.503. The van der Waals surface area contributed by atoms with Crippen molar-refractivity contribution in [3.63, 3.8) is 0 Å². The predicted molar refractivity (Wildman–Crippen MR) is 103 cm³/mol. The maximum Gasteiger partial charge on any atom is 0.119 e. The monoisotopic (exact) mass is 380 g/mol. The molecule has 0 spiro atoms. The number of aliphatic hydroxyl groups excluding tert-OH is 1. The lowest BCUT2D eigenvalue weighted by Gasteiger charge is -2.37. The zero-order chi connectivity index (χ0) is 17.6. The topological polar surface area (TPSA) is 35.9 Å². The number of rotatable bonds is 6. The summed E-state index contributed by atoms with van der Waals surface area (Å²) < 4.78 is 5.61. The van der Waals surface area contributed by atoms with Gasteiger partial charge in [-0.2, -0.15) is 0 Å². The van der Waals surface area contributed by atoms with Gasteiger partial charge in [-0.25, -0.2) is 0 Å². The van der Waals surface area contributed by atoms with Crippen LogP contribution in [0, 0.1) is 0 Å². The van der Waals surface area contributed by atoms with Crippen LogP contribution in [-0.4, -0.2) is 55.4 Å². The van der Waals surface area contributed by atoms with Crippen molar-refractivity contribution in [3.8, 4) is 5.75 Å². The number of halogens is 2. The summed E-state index contributed by atoms with van der Waals surface area (Å²) in [5.74, 6) is 0.783. The highest BCUT2D eigenvalue weighted by Crippen LogP contribution is 2.27. The van der Waals surface area contributed by atoms with E-state index in [0.717, 1.165) is 37.6 Å². The summed E-state index contributed by atoms with van der Waals surface area (Å²) in [4.78, 5) is 4.54. The molecule has 0 bridgehead atoms. The van der Waals surface area contributed by atoms with Gasteiger partial charge in [0.05, 0.1) is 10.0 Å². The van der Waals surface area contributed by atoms with Gasteiger partial charge in [-0.15, -0.1) is 0 Å². The van der Waals surface area contributed by atoms with E-state index >= 15 is 0 Å². The van der Waals surface area contributed by atoms with E-state index < -0.39 is 6.10 Å². The molecule has 134 valence electrons. The van der Waals surface area contributed by atoms with E-state index in [1.54, 1.807) is 0 Å². The molecule has 1 atom stereocenters. The SMILES string of the molecule is O[C@@H](COc1ccccc1)CN1CCN(c2ccc(Cl)c(Cl)c2)CC1. The Balaban J connectivity index is 1.43. The predicted octanol–water partition coefficient (Wildman–Crippen LogP) is 3.56. The number of β-amino-alcohol motifs (C(OH)–C–C–N with tert-alkyl or cyclic N) is 1. The first-order chi connectivity index (χ1) is 12.1. The van der Waals surface area contributed by atoms with E-state index in [-0.39, 0.29) is 0 Å². The van der Waals surface area contributed by atoms with Gasteiger partial charge in [0, 0.05) is 38.4 Å². The maximum atomic E-state index is 10.2. The molecule has 1 saturated heterocycles. The van der Waals surface area contributed by atoms with Crippen LogP contribution >= 0.6 is 23.2 Å². The second kappa shape index (κ2) is 8.77. The van der Waals surface area contributed by atoms with E-state index in [1.807, 2.05) is 48.5 Å². The zero-order valence-electron chi connectivity index (χ0n) is 13.9. The number of benzene rings is 2. The molecule has 0 saturated carbocycles. The zero-order valence-corrected chi connectivity index (χ0v) is 15.5. The van der Waals surface area contributed by atoms with Gasteiger partial charge < -0.3 is 14.7 Å². The van der Waals surface area contributed by atoms with Crippen molar-refractivity contribution >= 4 is 28.9 Å². The Morgan fingerprint density at radius 2 is 1.68 bits per heavy atom. The molecule has 1 aliphatic heterocycles. The Morgan fingerprint density at radius 1 is 0.960 bits per heavy atom. The number of hydrogen-bond donors (Lipinski definition) is 1. The summed E-state index contributed by atoms with van der Waals surface area (Å²) >= 11 is 12.1. The summed E-state index contributed by atoms with van der Waals surface area (Å²) in [5.41, 5.74) is 1.09. The third kappa shape index (κ3) is 5.25. The summed E-state index contributed by atoms with van der Waals surface area (Å²) in [6.45, 7) is 4.48. The van der Waals surface area contributed by atoms with Crippen molar-refractivity contribution in [2.75, 3.05) is 44.2 Å². The van der Waals surface area contributed by atoms with Crippen molar-refractivity contribution < 1.29 is 9.84 Å². The van der Waals surface area contributed by atoms with Crippen LogP contribution < -0.4 is 9.64 Å². The molecule has 1 aliphatic rings. The highest BCUT2D eigenvalue weighted by atomic mass is 35.5. The van der Waals surface area contributed by atoms with Crippen LogP contribution in [0.15, 0.2) is 48.5 Å². The average molecular weight is 381 g/mol. The van der Waals surface area contributed by atoms with Crippen molar-refractivity contribution in [2.24, 2.45) is 0 Å². The van der Waals surface area contributed by atoms with E-state index in [0.29, 0.717) is 23.2 Å². The molecule has 1 fully saturated rings. The standard InChI is InChI=1S/C19H22Cl2N2O2/c20-18-7-6-15(12-19(18)21)23-10-8-22(9-11-23)13-16(24)14-25-17-4-2-1-3-5-17/h1-7,12,16,24H,8-11,13-14H2/t16-/m1/s1. The largest absolute Gasteiger partial charge is 0.491 e. The quantitative estimate of drug-likeness (QED) is 0.830. The van der Waals surface area contributed by atoms with Gasteiger partial charge in [0.25, 0.3) is 0 Å². The molecule has 0 aliphatic carbocycles. The second-order valence-corrected chi connectivity index (χ2v) is 6.98. The van der Waals surface area contributed by atoms with Gasteiger partial charge in [-0.1, -0.05) is 41.4 Å². The molecule has 0 aromatic heterocycles. The van der Waals surface area contributed by atoms with E-state index in [4.69, 9.17) is 27.9 Å². The molecule has 1 heterocycles. The van der Waals surface area contributed by atoms with Gasteiger partial charge in [0.2, 0.25) is 0 Å². The van der Waals surface area contributed by atoms with Crippen LogP contribution in [0.3, 0.4) is 0 Å². The fourth-order valence-corrected chi connectivity index (χ4v) is 3.22. The normalized spacial score (nSPS) is 16.7. The van der Waals surface area contributed by atoms with Gasteiger partial charge in [0.15, 0.2) is 0 Å². The van der Waals surface area contributed by atoms with Gasteiger partial charge in [-0.05, 0) is 30.3 Å². The highest BCUT2D eigenvalue weighted by molar-refractivity contribution is 6.42. The number of aliphatic hydroxyl groups is 1. The summed E-state index contributed by atoms with van der Waals surface area (Å²) in [6, 6.07) is 15.3. The van der Waals surface area contributed by atoms with Crippen LogP contribution in [0.4, 0.5) is 5.69 Å². The summed E-state index contributed by atoms with van der Waals surface area (Å²) in [6.07, 6.45) is -0.503. The molecule has 3 rings (SSSR count). The average Bonchev–Trinajstić information content (AvgIpc) is 2.64. The molecular weight excluding hydrogens is 359 g/mol. The second-order valence-electron chi connectivity index (χ2n) is 6.16. The first kappa shape index (κ1) is 18.3. The number of hydrogen-bond acceptors (Lipinski definition) is 4. The first-order valence-corrected chi connectivity index (χ1v) is 9.15. The van der Waals surface area contributed by atoms with Gasteiger partial charge >= 0.3 is 0 Å². The number of nitrogens with zero attached hydrogens (tertiary/aromatic N) is 2. The number of ether oxygens (including phenoxy) is 1. The molecule has 0 amide bonds. The van der Waals surface area contributed by atoms with Crippen molar-refractivity contribution in [2.45, 2.75) is 6.10 Å². The molecule has 4 nitrogen and oxygen atoms in total. The number of piperazine rings is 1. The van der Waals surface area contributed by atoms with Crippen molar-refractivity contribution in [1.29, 1.82) is 0 Å². The summed E-state index contributed by atoms with van der Waals surface area (Å²) in [5, 5.41) is 11.4. The van der Waals surface area contributed by atoms with E-state index in [2.05, 4.69) is 9.80 Å². The molecule has 0 radical (unpaired) electrons. The fourth-order valence-electron chi connectivity index (χ4n) is 2.93. The van der Waals surface area contributed by atoms with Crippen LogP contribution in [-0.2, 0) is 0 Å². The molecule has 25 heavy (non-hydrogen) atoms. The maximum absolute atomic E-state index is 10.2. The van der Waals surface area contributed by atoms with Crippen LogP contribution in [0.1, 0.15) is 0 Å². The molecule has 0 unspecified atom stereocenters. The number of anilines is 1. The molecule has 2 aromatic carbocycles. The Morgan fingerprint density at radius 3 is 2.36 bits per heavy atom. The van der Waals surface area contributed by atoms with Crippen molar-refractivity contribution in [3.05, 3.63) is 58.6 Å². The van der Waals surface area contributed by atoms with E-state index in [9.17, 15) is 5.11 Å². The lowest BCUT2D eigenvalue weighted by Crippen LogP contribution is -2.49. The van der Waals surface area contributed by atoms with Crippen LogP contribution in [0.25, 0.3) is 0 Å². The van der Waals surface area contributed by atoms with Gasteiger partial charge in [0.1, 0.15) is 18.5 Å². The van der Waals surface area contributed by atoms with Crippen molar-refractivity contribution in [1.82, 2.24) is 4.90 Å². The minimum Gasteiger partial charge on any atom is -0.491 e. The molecular formula is C19H22Cl2N2O2. The molecule has 1 N–H and O–H groups in total. The third-order valence-corrected chi connectivity index (χ3v) is 5.03. The Bertz CT molecular complexity index is 676. The lowest BCUT2D eigenvalue weighted by molar-refractivity contribution is 0.0663. The molecule has 6 heteroatoms. The fraction of sp³-hybridized carbons (Fsp3) is 0.368.